The lowest BCUT2D eigenvalue weighted by Crippen LogP contribution is -2.40. The van der Waals surface area contributed by atoms with Crippen molar-refractivity contribution in [2.24, 2.45) is 11.8 Å². The fraction of sp³-hybridized carbons (Fsp3) is 0.900. The van der Waals surface area contributed by atoms with E-state index in [1.165, 1.54) is 0 Å². The molecule has 1 rings (SSSR count). The molecule has 12 heavy (non-hydrogen) atoms. The van der Waals surface area contributed by atoms with Crippen LogP contribution in [0.5, 0.6) is 0 Å². The monoisotopic (exact) mass is 170 g/mol. The van der Waals surface area contributed by atoms with Crippen LogP contribution in [-0.4, -0.2) is 16.5 Å². The molecule has 1 fully saturated rings. The van der Waals surface area contributed by atoms with Gasteiger partial charge in [0, 0.05) is 12.3 Å². The number of carbonyl (C=O) groups is 1. The van der Waals surface area contributed by atoms with E-state index in [0.717, 1.165) is 12.8 Å². The molecule has 0 aliphatic heterocycles. The predicted molar refractivity (Wildman–Crippen MR) is 47.8 cm³/mol. The first kappa shape index (κ1) is 9.72. The summed E-state index contributed by atoms with van der Waals surface area (Å²) in [6.07, 6.45) is 2.57. The molecule has 0 saturated heterocycles. The average molecular weight is 170 g/mol. The lowest BCUT2D eigenvalue weighted by Gasteiger charge is -2.33. The molecule has 2 atom stereocenters. The first-order valence-corrected chi connectivity index (χ1v) is 4.66. The molecule has 0 amide bonds. The van der Waals surface area contributed by atoms with Crippen LogP contribution in [0, 0.1) is 11.8 Å². The van der Waals surface area contributed by atoms with Crippen molar-refractivity contribution in [3.05, 3.63) is 0 Å². The lowest BCUT2D eigenvalue weighted by molar-refractivity contribution is -0.134. The van der Waals surface area contributed by atoms with Crippen LogP contribution in [-0.2, 0) is 4.79 Å². The third-order valence-electron chi connectivity index (χ3n) is 2.74. The van der Waals surface area contributed by atoms with Gasteiger partial charge in [0.1, 0.15) is 5.78 Å². The van der Waals surface area contributed by atoms with Crippen LogP contribution in [0.2, 0.25) is 0 Å². The van der Waals surface area contributed by atoms with Crippen molar-refractivity contribution in [2.75, 3.05) is 0 Å². The summed E-state index contributed by atoms with van der Waals surface area (Å²) in [5.41, 5.74) is -0.822. The van der Waals surface area contributed by atoms with Gasteiger partial charge >= 0.3 is 0 Å². The van der Waals surface area contributed by atoms with Crippen molar-refractivity contribution >= 4 is 5.78 Å². The molecule has 0 aromatic rings. The van der Waals surface area contributed by atoms with E-state index in [2.05, 4.69) is 6.92 Å². The molecule has 2 heteroatoms. The van der Waals surface area contributed by atoms with Gasteiger partial charge in [0.25, 0.3) is 0 Å². The summed E-state index contributed by atoms with van der Waals surface area (Å²) < 4.78 is 0. The maximum absolute atomic E-state index is 11.5. The molecule has 70 valence electrons. The number of Topliss-reactive ketones (excluding diaryl/α,β-unsaturated/α-hetero) is 1. The molecule has 1 aliphatic carbocycles. The average Bonchev–Trinajstić information content (AvgIpc) is 1.83. The molecular formula is C10H18O2. The second-order valence-electron chi connectivity index (χ2n) is 4.56. The fourth-order valence-electron chi connectivity index (χ4n) is 1.95. The minimum atomic E-state index is -0.822. The molecule has 2 nitrogen and oxygen atoms in total. The van der Waals surface area contributed by atoms with Crippen molar-refractivity contribution < 1.29 is 9.90 Å². The zero-order valence-corrected chi connectivity index (χ0v) is 8.13. The largest absolute Gasteiger partial charge is 0.390 e. The van der Waals surface area contributed by atoms with E-state index in [1.54, 1.807) is 13.8 Å². The van der Waals surface area contributed by atoms with Gasteiger partial charge < -0.3 is 5.11 Å². The van der Waals surface area contributed by atoms with Crippen LogP contribution < -0.4 is 0 Å². The van der Waals surface area contributed by atoms with Gasteiger partial charge in [-0.1, -0.05) is 6.92 Å². The molecular weight excluding hydrogens is 152 g/mol. The van der Waals surface area contributed by atoms with Gasteiger partial charge in [0.2, 0.25) is 0 Å². The molecule has 2 unspecified atom stereocenters. The number of rotatable bonds is 1. The minimum absolute atomic E-state index is 0.131. The first-order valence-electron chi connectivity index (χ1n) is 4.66. The van der Waals surface area contributed by atoms with Gasteiger partial charge in [-0.3, -0.25) is 4.79 Å². The van der Waals surface area contributed by atoms with Gasteiger partial charge in [-0.05, 0) is 32.6 Å². The van der Waals surface area contributed by atoms with Crippen molar-refractivity contribution in [1.82, 2.24) is 0 Å². The maximum atomic E-state index is 11.5. The molecule has 0 aromatic heterocycles. The highest BCUT2D eigenvalue weighted by atomic mass is 16.3. The Labute approximate surface area is 74.0 Å². The fourth-order valence-corrected chi connectivity index (χ4v) is 1.95. The molecule has 0 radical (unpaired) electrons. The van der Waals surface area contributed by atoms with Gasteiger partial charge in [-0.25, -0.2) is 0 Å². The molecule has 1 aliphatic rings. The van der Waals surface area contributed by atoms with Crippen LogP contribution in [0.3, 0.4) is 0 Å². The standard InChI is InChI=1S/C10H18O2/c1-7-4-5-8(9(11)6-7)10(2,3)12/h7-8,12H,4-6H2,1-3H3. The summed E-state index contributed by atoms with van der Waals surface area (Å²) in [4.78, 5) is 11.5. The maximum Gasteiger partial charge on any atom is 0.139 e. The van der Waals surface area contributed by atoms with Gasteiger partial charge in [0.15, 0.2) is 0 Å². The van der Waals surface area contributed by atoms with Gasteiger partial charge in [0.05, 0.1) is 5.60 Å². The lowest BCUT2D eigenvalue weighted by atomic mass is 9.74. The Morgan fingerprint density at radius 3 is 2.42 bits per heavy atom. The van der Waals surface area contributed by atoms with Gasteiger partial charge in [-0.15, -0.1) is 0 Å². The summed E-state index contributed by atoms with van der Waals surface area (Å²) in [6.45, 7) is 5.55. The zero-order chi connectivity index (χ0) is 9.35. The van der Waals surface area contributed by atoms with E-state index in [9.17, 15) is 9.90 Å². The van der Waals surface area contributed by atoms with E-state index in [-0.39, 0.29) is 11.7 Å². The van der Waals surface area contributed by atoms with Crippen LogP contribution >= 0.6 is 0 Å². The van der Waals surface area contributed by atoms with Crippen molar-refractivity contribution in [1.29, 1.82) is 0 Å². The van der Waals surface area contributed by atoms with E-state index in [1.807, 2.05) is 0 Å². The Morgan fingerprint density at radius 2 is 2.00 bits per heavy atom. The number of hydrogen-bond donors (Lipinski definition) is 1. The molecule has 1 N–H and O–H groups in total. The highest BCUT2D eigenvalue weighted by Crippen LogP contribution is 2.32. The SMILES string of the molecule is CC1CCC(C(C)(C)O)C(=O)C1. The Kier molecular flexibility index (Phi) is 2.57. The molecule has 0 heterocycles. The Bertz CT molecular complexity index is 179. The molecule has 1 saturated carbocycles. The summed E-state index contributed by atoms with van der Waals surface area (Å²) in [7, 11) is 0. The first-order chi connectivity index (χ1) is 5.41. The zero-order valence-electron chi connectivity index (χ0n) is 8.13. The van der Waals surface area contributed by atoms with Crippen molar-refractivity contribution in [3.63, 3.8) is 0 Å². The van der Waals surface area contributed by atoms with Crippen LogP contribution in [0.15, 0.2) is 0 Å². The second-order valence-corrected chi connectivity index (χ2v) is 4.56. The highest BCUT2D eigenvalue weighted by Gasteiger charge is 2.36. The Hall–Kier alpha value is -0.370. The number of carbonyl (C=O) groups excluding carboxylic acids is 1. The topological polar surface area (TPSA) is 37.3 Å². The van der Waals surface area contributed by atoms with Crippen molar-refractivity contribution in [2.45, 2.75) is 45.6 Å². The Morgan fingerprint density at radius 1 is 1.42 bits per heavy atom. The summed E-state index contributed by atoms with van der Waals surface area (Å²) in [5, 5.41) is 9.68. The highest BCUT2D eigenvalue weighted by molar-refractivity contribution is 5.82. The smallest absolute Gasteiger partial charge is 0.139 e. The van der Waals surface area contributed by atoms with Crippen LogP contribution in [0.25, 0.3) is 0 Å². The van der Waals surface area contributed by atoms with E-state index in [0.29, 0.717) is 12.3 Å². The quantitative estimate of drug-likeness (QED) is 0.651. The minimum Gasteiger partial charge on any atom is -0.390 e. The molecule has 0 bridgehead atoms. The summed E-state index contributed by atoms with van der Waals surface area (Å²) in [5.74, 6) is 0.617. The molecule has 0 aromatic carbocycles. The van der Waals surface area contributed by atoms with Gasteiger partial charge in [-0.2, -0.15) is 0 Å². The predicted octanol–water partition coefficient (Wildman–Crippen LogP) is 1.76. The third kappa shape index (κ3) is 2.07. The summed E-state index contributed by atoms with van der Waals surface area (Å²) in [6, 6.07) is 0. The Balaban J connectivity index is 2.63. The van der Waals surface area contributed by atoms with Crippen molar-refractivity contribution in [3.8, 4) is 0 Å². The second kappa shape index (κ2) is 3.17. The van der Waals surface area contributed by atoms with E-state index >= 15 is 0 Å². The van der Waals surface area contributed by atoms with E-state index < -0.39 is 5.60 Å². The van der Waals surface area contributed by atoms with Crippen LogP contribution in [0.4, 0.5) is 0 Å². The number of aliphatic hydroxyl groups is 1. The number of hydrogen-bond acceptors (Lipinski definition) is 2. The summed E-state index contributed by atoms with van der Waals surface area (Å²) >= 11 is 0. The number of ketones is 1. The normalized spacial score (nSPS) is 32.2. The molecule has 0 spiro atoms. The van der Waals surface area contributed by atoms with E-state index in [4.69, 9.17) is 0 Å². The third-order valence-corrected chi connectivity index (χ3v) is 2.74. The van der Waals surface area contributed by atoms with Crippen LogP contribution in [0.1, 0.15) is 40.0 Å².